The van der Waals surface area contributed by atoms with Gasteiger partial charge in [-0.05, 0) is 54.6 Å². The quantitative estimate of drug-likeness (QED) is 0.655. The first kappa shape index (κ1) is 19.4. The van der Waals surface area contributed by atoms with Gasteiger partial charge in [-0.1, -0.05) is 29.8 Å². The number of nitrogens with zero attached hydrogens (tertiary/aromatic N) is 1. The van der Waals surface area contributed by atoms with Crippen LogP contribution < -0.4 is 10.0 Å². The number of sulfonamides is 1. The molecule has 0 aliphatic rings. The van der Waals surface area contributed by atoms with Gasteiger partial charge >= 0.3 is 0 Å². The minimum atomic E-state index is -3.89. The molecule has 3 aromatic rings. The Hall–Kier alpha value is -3.34. The Morgan fingerprint density at radius 1 is 0.964 bits per heavy atom. The van der Waals surface area contributed by atoms with Crippen molar-refractivity contribution in [3.8, 4) is 6.07 Å². The van der Waals surface area contributed by atoms with Gasteiger partial charge in [-0.3, -0.25) is 9.52 Å². The van der Waals surface area contributed by atoms with Gasteiger partial charge in [0.2, 0.25) is 0 Å². The molecule has 0 aliphatic heterocycles. The van der Waals surface area contributed by atoms with E-state index in [1.54, 1.807) is 36.4 Å². The number of nitrogens with one attached hydrogen (secondary N) is 2. The number of benzene rings is 3. The summed E-state index contributed by atoms with van der Waals surface area (Å²) < 4.78 is 27.6. The van der Waals surface area contributed by atoms with Crippen molar-refractivity contribution < 1.29 is 13.2 Å². The Kier molecular flexibility index (Phi) is 5.64. The Labute approximate surface area is 167 Å². The molecule has 0 bridgehead atoms. The molecule has 0 atom stereocenters. The van der Waals surface area contributed by atoms with E-state index in [2.05, 4.69) is 10.0 Å². The SMILES string of the molecule is N#Cc1ccccc1NC(=O)c1cccc(S(=O)(=O)Nc2ccc(Cl)cc2)c1. The number of nitriles is 1. The maximum absolute atomic E-state index is 12.6. The second kappa shape index (κ2) is 8.13. The molecule has 1 amide bonds. The fourth-order valence-electron chi connectivity index (χ4n) is 2.42. The molecule has 0 unspecified atom stereocenters. The van der Waals surface area contributed by atoms with Crippen molar-refractivity contribution >= 4 is 38.9 Å². The molecular formula is C20H14ClN3O3S. The standard InChI is InChI=1S/C20H14ClN3O3S/c21-16-8-10-17(11-9-16)24-28(26,27)18-6-3-5-14(12-18)20(25)23-19-7-2-1-4-15(19)13-22/h1-12,24H,(H,23,25). The summed E-state index contributed by atoms with van der Waals surface area (Å²) in [6, 6.07) is 20.4. The number of anilines is 2. The smallest absolute Gasteiger partial charge is 0.261 e. The highest BCUT2D eigenvalue weighted by Gasteiger charge is 2.17. The fourth-order valence-corrected chi connectivity index (χ4v) is 3.65. The Bertz CT molecular complexity index is 1170. The first-order valence-electron chi connectivity index (χ1n) is 8.08. The van der Waals surface area contributed by atoms with Crippen molar-refractivity contribution in [3.63, 3.8) is 0 Å². The second-order valence-corrected chi connectivity index (χ2v) is 7.87. The zero-order chi connectivity index (χ0) is 20.1. The van der Waals surface area contributed by atoms with Gasteiger partial charge in [-0.2, -0.15) is 5.26 Å². The van der Waals surface area contributed by atoms with Crippen LogP contribution in [0.4, 0.5) is 11.4 Å². The Morgan fingerprint density at radius 3 is 2.39 bits per heavy atom. The van der Waals surface area contributed by atoms with E-state index in [0.717, 1.165) is 0 Å². The van der Waals surface area contributed by atoms with Crippen molar-refractivity contribution in [2.45, 2.75) is 4.90 Å². The van der Waals surface area contributed by atoms with Crippen molar-refractivity contribution in [3.05, 3.63) is 88.9 Å². The van der Waals surface area contributed by atoms with E-state index >= 15 is 0 Å². The number of halogens is 1. The van der Waals surface area contributed by atoms with E-state index in [1.807, 2.05) is 6.07 Å². The summed E-state index contributed by atoms with van der Waals surface area (Å²) >= 11 is 5.80. The third kappa shape index (κ3) is 4.49. The summed E-state index contributed by atoms with van der Waals surface area (Å²) in [5.41, 5.74) is 1.15. The molecule has 140 valence electrons. The molecule has 8 heteroatoms. The maximum atomic E-state index is 12.6. The summed E-state index contributed by atoms with van der Waals surface area (Å²) in [6.45, 7) is 0. The average molecular weight is 412 g/mol. The summed E-state index contributed by atoms with van der Waals surface area (Å²) in [4.78, 5) is 12.4. The van der Waals surface area contributed by atoms with E-state index < -0.39 is 15.9 Å². The van der Waals surface area contributed by atoms with Crippen LogP contribution in [0.15, 0.2) is 77.7 Å². The topological polar surface area (TPSA) is 99.1 Å². The predicted molar refractivity (Wildman–Crippen MR) is 108 cm³/mol. The molecular weight excluding hydrogens is 398 g/mol. The molecule has 0 saturated carbocycles. The van der Waals surface area contributed by atoms with E-state index in [4.69, 9.17) is 16.9 Å². The number of hydrogen-bond donors (Lipinski definition) is 2. The molecule has 0 aromatic heterocycles. The fraction of sp³-hybridized carbons (Fsp3) is 0. The van der Waals surface area contributed by atoms with E-state index in [1.165, 1.54) is 36.4 Å². The number of para-hydroxylation sites is 1. The minimum absolute atomic E-state index is 0.0660. The highest BCUT2D eigenvalue weighted by atomic mass is 35.5. The first-order chi connectivity index (χ1) is 13.4. The molecule has 2 N–H and O–H groups in total. The van der Waals surface area contributed by atoms with Crippen molar-refractivity contribution in [1.29, 1.82) is 5.26 Å². The lowest BCUT2D eigenvalue weighted by Crippen LogP contribution is -2.16. The highest BCUT2D eigenvalue weighted by Crippen LogP contribution is 2.20. The van der Waals surface area contributed by atoms with Crippen LogP contribution in [0.1, 0.15) is 15.9 Å². The number of rotatable bonds is 5. The molecule has 6 nitrogen and oxygen atoms in total. The second-order valence-electron chi connectivity index (χ2n) is 5.75. The molecule has 0 radical (unpaired) electrons. The molecule has 28 heavy (non-hydrogen) atoms. The van der Waals surface area contributed by atoms with E-state index in [-0.39, 0.29) is 10.5 Å². The Morgan fingerprint density at radius 2 is 1.68 bits per heavy atom. The molecule has 0 aliphatic carbocycles. The minimum Gasteiger partial charge on any atom is -0.321 e. The average Bonchev–Trinajstić information content (AvgIpc) is 2.70. The molecule has 3 aromatic carbocycles. The van der Waals surface area contributed by atoms with Crippen LogP contribution in [0.5, 0.6) is 0 Å². The largest absolute Gasteiger partial charge is 0.321 e. The summed E-state index contributed by atoms with van der Waals surface area (Å²) in [6.07, 6.45) is 0. The van der Waals surface area contributed by atoms with E-state index in [0.29, 0.717) is 22.0 Å². The van der Waals surface area contributed by atoms with Crippen LogP contribution in [-0.4, -0.2) is 14.3 Å². The predicted octanol–water partition coefficient (Wildman–Crippen LogP) is 4.26. The monoisotopic (exact) mass is 411 g/mol. The van der Waals surface area contributed by atoms with Crippen LogP contribution in [0.3, 0.4) is 0 Å². The van der Waals surface area contributed by atoms with Gasteiger partial charge in [0, 0.05) is 16.3 Å². The zero-order valence-electron chi connectivity index (χ0n) is 14.4. The molecule has 0 saturated heterocycles. The lowest BCUT2D eigenvalue weighted by molar-refractivity contribution is 0.102. The van der Waals surface area contributed by atoms with Crippen molar-refractivity contribution in [2.24, 2.45) is 0 Å². The number of hydrogen-bond acceptors (Lipinski definition) is 4. The van der Waals surface area contributed by atoms with Gasteiger partial charge in [0.15, 0.2) is 0 Å². The molecule has 0 spiro atoms. The van der Waals surface area contributed by atoms with Crippen LogP contribution >= 0.6 is 11.6 Å². The van der Waals surface area contributed by atoms with Gasteiger partial charge in [-0.25, -0.2) is 8.42 Å². The summed E-state index contributed by atoms with van der Waals surface area (Å²) in [7, 11) is -3.89. The van der Waals surface area contributed by atoms with Gasteiger partial charge in [0.25, 0.3) is 15.9 Å². The van der Waals surface area contributed by atoms with Crippen LogP contribution in [0, 0.1) is 11.3 Å². The highest BCUT2D eigenvalue weighted by molar-refractivity contribution is 7.92. The number of carbonyl (C=O) groups excluding carboxylic acids is 1. The van der Waals surface area contributed by atoms with Crippen molar-refractivity contribution in [1.82, 2.24) is 0 Å². The van der Waals surface area contributed by atoms with Crippen LogP contribution in [-0.2, 0) is 10.0 Å². The van der Waals surface area contributed by atoms with Crippen LogP contribution in [0.25, 0.3) is 0 Å². The van der Waals surface area contributed by atoms with Gasteiger partial charge in [-0.15, -0.1) is 0 Å². The van der Waals surface area contributed by atoms with Crippen molar-refractivity contribution in [2.75, 3.05) is 10.0 Å². The lowest BCUT2D eigenvalue weighted by Gasteiger charge is -2.10. The summed E-state index contributed by atoms with van der Waals surface area (Å²) in [5.74, 6) is -0.522. The van der Waals surface area contributed by atoms with Gasteiger partial charge in [0.05, 0.1) is 16.1 Å². The molecule has 3 rings (SSSR count). The third-order valence-electron chi connectivity index (χ3n) is 3.80. The molecule has 0 heterocycles. The third-order valence-corrected chi connectivity index (χ3v) is 5.43. The number of amides is 1. The number of carbonyl (C=O) groups is 1. The lowest BCUT2D eigenvalue weighted by atomic mass is 10.1. The van der Waals surface area contributed by atoms with Crippen LogP contribution in [0.2, 0.25) is 5.02 Å². The van der Waals surface area contributed by atoms with Gasteiger partial charge in [0.1, 0.15) is 6.07 Å². The summed E-state index contributed by atoms with van der Waals surface area (Å²) in [5, 5.41) is 12.2. The normalized spacial score (nSPS) is 10.7. The zero-order valence-corrected chi connectivity index (χ0v) is 16.0. The van der Waals surface area contributed by atoms with Gasteiger partial charge < -0.3 is 5.32 Å². The first-order valence-corrected chi connectivity index (χ1v) is 9.94. The maximum Gasteiger partial charge on any atom is 0.261 e. The van der Waals surface area contributed by atoms with E-state index in [9.17, 15) is 13.2 Å². The Balaban J connectivity index is 1.84. The molecule has 0 fully saturated rings.